The highest BCUT2D eigenvalue weighted by Crippen LogP contribution is 2.29. The molecule has 2 aromatic rings. The van der Waals surface area contributed by atoms with Crippen molar-refractivity contribution in [3.05, 3.63) is 58.6 Å². The summed E-state index contributed by atoms with van der Waals surface area (Å²) in [5, 5.41) is 2.36. The highest BCUT2D eigenvalue weighted by Gasteiger charge is 2.48. The minimum Gasteiger partial charge on any atom is -0.337 e. The van der Waals surface area contributed by atoms with E-state index in [2.05, 4.69) is 21.8 Å². The molecule has 0 spiro atoms. The van der Waals surface area contributed by atoms with Crippen molar-refractivity contribution in [2.24, 2.45) is 0 Å². The predicted octanol–water partition coefficient (Wildman–Crippen LogP) is 3.60. The van der Waals surface area contributed by atoms with Crippen LogP contribution in [0.15, 0.2) is 36.8 Å². The van der Waals surface area contributed by atoms with Crippen molar-refractivity contribution in [1.82, 2.24) is 15.3 Å². The Labute approximate surface area is 147 Å². The molecule has 130 valence electrons. The van der Waals surface area contributed by atoms with E-state index in [1.54, 1.807) is 6.07 Å². The van der Waals surface area contributed by atoms with Gasteiger partial charge in [-0.25, -0.2) is 4.98 Å². The van der Waals surface area contributed by atoms with Gasteiger partial charge in [0.25, 0.3) is 5.91 Å². The molecule has 2 aromatic heterocycles. The second-order valence-electron chi connectivity index (χ2n) is 5.65. The van der Waals surface area contributed by atoms with Crippen LogP contribution in [0.2, 0.25) is 5.02 Å². The van der Waals surface area contributed by atoms with E-state index in [-0.39, 0.29) is 5.69 Å². The lowest BCUT2D eigenvalue weighted by molar-refractivity contribution is -0.182. The van der Waals surface area contributed by atoms with E-state index in [0.717, 1.165) is 13.8 Å². The molecule has 0 atom stereocenters. The molecular formula is C17H13ClF3N3O. The van der Waals surface area contributed by atoms with Gasteiger partial charge in [0.05, 0.1) is 5.02 Å². The summed E-state index contributed by atoms with van der Waals surface area (Å²) >= 11 is 5.80. The second-order valence-corrected chi connectivity index (χ2v) is 6.09. The van der Waals surface area contributed by atoms with Gasteiger partial charge in [0, 0.05) is 29.7 Å². The Morgan fingerprint density at radius 3 is 2.36 bits per heavy atom. The summed E-state index contributed by atoms with van der Waals surface area (Å²) in [5.41, 5.74) is -1.40. The molecule has 0 saturated carbocycles. The summed E-state index contributed by atoms with van der Waals surface area (Å²) < 4.78 is 38.4. The molecule has 0 aliphatic rings. The molecule has 0 aromatic carbocycles. The van der Waals surface area contributed by atoms with Gasteiger partial charge in [-0.15, -0.1) is 0 Å². The number of hydrogen-bond acceptors (Lipinski definition) is 3. The van der Waals surface area contributed by atoms with Crippen molar-refractivity contribution in [2.45, 2.75) is 25.6 Å². The molecule has 0 saturated heterocycles. The summed E-state index contributed by atoms with van der Waals surface area (Å²) in [6.07, 6.45) is -0.253. The lowest BCUT2D eigenvalue weighted by Crippen LogP contribution is -2.54. The molecule has 1 amide bonds. The van der Waals surface area contributed by atoms with E-state index in [1.165, 1.54) is 30.7 Å². The Bertz CT molecular complexity index is 837. The van der Waals surface area contributed by atoms with Gasteiger partial charge in [-0.1, -0.05) is 23.4 Å². The monoisotopic (exact) mass is 367 g/mol. The zero-order valence-corrected chi connectivity index (χ0v) is 14.0. The first-order valence-corrected chi connectivity index (χ1v) is 7.44. The molecule has 0 fully saturated rings. The molecule has 2 heterocycles. The number of carbonyl (C=O) groups excluding carboxylic acids is 1. The molecule has 0 radical (unpaired) electrons. The normalized spacial score (nSPS) is 11.4. The average molecular weight is 368 g/mol. The van der Waals surface area contributed by atoms with E-state index >= 15 is 0 Å². The zero-order chi connectivity index (χ0) is 18.7. The van der Waals surface area contributed by atoms with Crippen LogP contribution in [0.5, 0.6) is 0 Å². The Kier molecular flexibility index (Phi) is 5.33. The van der Waals surface area contributed by atoms with Crippen LogP contribution < -0.4 is 5.32 Å². The van der Waals surface area contributed by atoms with Gasteiger partial charge in [0.1, 0.15) is 11.2 Å². The number of hydrogen-bond donors (Lipinski definition) is 1. The van der Waals surface area contributed by atoms with E-state index < -0.39 is 17.6 Å². The molecule has 1 N–H and O–H groups in total. The third kappa shape index (κ3) is 4.94. The number of halogens is 4. The first kappa shape index (κ1) is 18.7. The minimum absolute atomic E-state index is 0.132. The van der Waals surface area contributed by atoms with Crippen LogP contribution in [0.1, 0.15) is 35.5 Å². The average Bonchev–Trinajstić information content (AvgIpc) is 2.52. The van der Waals surface area contributed by atoms with Crippen LogP contribution in [-0.2, 0) is 0 Å². The van der Waals surface area contributed by atoms with Gasteiger partial charge in [-0.05, 0) is 32.0 Å². The van der Waals surface area contributed by atoms with Crippen LogP contribution in [0.4, 0.5) is 13.2 Å². The quantitative estimate of drug-likeness (QED) is 0.825. The second kappa shape index (κ2) is 7.11. The minimum atomic E-state index is -4.57. The maximum atomic E-state index is 12.8. The molecule has 0 bridgehead atoms. The third-order valence-electron chi connectivity index (χ3n) is 3.19. The van der Waals surface area contributed by atoms with Crippen LogP contribution >= 0.6 is 11.6 Å². The van der Waals surface area contributed by atoms with Gasteiger partial charge in [0.2, 0.25) is 0 Å². The van der Waals surface area contributed by atoms with Crippen LogP contribution in [-0.4, -0.2) is 27.6 Å². The number of rotatable bonds is 2. The number of pyridine rings is 2. The lowest BCUT2D eigenvalue weighted by Gasteiger charge is -2.28. The molecule has 8 heteroatoms. The maximum absolute atomic E-state index is 12.8. The third-order valence-corrected chi connectivity index (χ3v) is 3.39. The summed E-state index contributed by atoms with van der Waals surface area (Å²) in [6.45, 7) is 1.76. The standard InChI is InChI=1S/C17H13ClF3N3O/c1-16(2,17(19,20)21)24-15(25)14-6-5-11(9-23-14)3-4-12-7-13(18)10-22-8-12/h5-10H,1-2H3,(H,24,25). The molecular weight excluding hydrogens is 355 g/mol. The summed E-state index contributed by atoms with van der Waals surface area (Å²) in [4.78, 5) is 19.6. The lowest BCUT2D eigenvalue weighted by atomic mass is 10.0. The van der Waals surface area contributed by atoms with E-state index in [9.17, 15) is 18.0 Å². The number of aromatic nitrogens is 2. The zero-order valence-electron chi connectivity index (χ0n) is 13.3. The molecule has 0 aliphatic heterocycles. The van der Waals surface area contributed by atoms with Gasteiger partial charge in [-0.2, -0.15) is 13.2 Å². The number of alkyl halides is 3. The number of nitrogens with zero attached hydrogens (tertiary/aromatic N) is 2. The Hall–Kier alpha value is -2.59. The highest BCUT2D eigenvalue weighted by atomic mass is 35.5. The van der Waals surface area contributed by atoms with Crippen LogP contribution in [0.3, 0.4) is 0 Å². The molecule has 4 nitrogen and oxygen atoms in total. The van der Waals surface area contributed by atoms with Crippen molar-refractivity contribution in [1.29, 1.82) is 0 Å². The fourth-order valence-corrected chi connectivity index (χ4v) is 1.82. The predicted molar refractivity (Wildman–Crippen MR) is 87.1 cm³/mol. The summed E-state index contributed by atoms with van der Waals surface area (Å²) in [7, 11) is 0. The van der Waals surface area contributed by atoms with Crippen LogP contribution in [0.25, 0.3) is 0 Å². The fourth-order valence-electron chi connectivity index (χ4n) is 1.65. The smallest absolute Gasteiger partial charge is 0.337 e. The molecule has 0 unspecified atom stereocenters. The van der Waals surface area contributed by atoms with Crippen molar-refractivity contribution in [2.75, 3.05) is 0 Å². The Balaban J connectivity index is 2.11. The number of carbonyl (C=O) groups is 1. The van der Waals surface area contributed by atoms with E-state index in [4.69, 9.17) is 11.6 Å². The molecule has 2 rings (SSSR count). The summed E-state index contributed by atoms with van der Waals surface area (Å²) in [5.74, 6) is 4.71. The molecule has 0 aliphatic carbocycles. The number of amides is 1. The summed E-state index contributed by atoms with van der Waals surface area (Å²) in [6, 6.07) is 4.44. The van der Waals surface area contributed by atoms with E-state index in [0.29, 0.717) is 16.1 Å². The maximum Gasteiger partial charge on any atom is 0.410 e. The first-order chi connectivity index (χ1) is 11.6. The highest BCUT2D eigenvalue weighted by molar-refractivity contribution is 6.30. The van der Waals surface area contributed by atoms with Gasteiger partial charge < -0.3 is 5.32 Å². The number of nitrogens with one attached hydrogen (secondary N) is 1. The fraction of sp³-hybridized carbons (Fsp3) is 0.235. The first-order valence-electron chi connectivity index (χ1n) is 7.06. The molecule has 25 heavy (non-hydrogen) atoms. The van der Waals surface area contributed by atoms with Crippen molar-refractivity contribution in [3.63, 3.8) is 0 Å². The van der Waals surface area contributed by atoms with Crippen molar-refractivity contribution in [3.8, 4) is 11.8 Å². The van der Waals surface area contributed by atoms with Crippen molar-refractivity contribution >= 4 is 17.5 Å². The topological polar surface area (TPSA) is 54.9 Å². The largest absolute Gasteiger partial charge is 0.410 e. The Morgan fingerprint density at radius 1 is 1.12 bits per heavy atom. The van der Waals surface area contributed by atoms with Crippen LogP contribution in [0, 0.1) is 11.8 Å². The Morgan fingerprint density at radius 2 is 1.80 bits per heavy atom. The van der Waals surface area contributed by atoms with Gasteiger partial charge in [-0.3, -0.25) is 9.78 Å². The van der Waals surface area contributed by atoms with Gasteiger partial charge in [0.15, 0.2) is 0 Å². The van der Waals surface area contributed by atoms with Crippen molar-refractivity contribution < 1.29 is 18.0 Å². The SMILES string of the molecule is CC(C)(NC(=O)c1ccc(C#Cc2cncc(Cl)c2)cn1)C(F)(F)F. The van der Waals surface area contributed by atoms with E-state index in [1.807, 2.05) is 5.32 Å². The van der Waals surface area contributed by atoms with Gasteiger partial charge >= 0.3 is 6.18 Å².